The molecule has 0 bridgehead atoms. The lowest BCUT2D eigenvalue weighted by atomic mass is 9.78. The van der Waals surface area contributed by atoms with Crippen LogP contribution in [-0.2, 0) is 0 Å². The third-order valence-corrected chi connectivity index (χ3v) is 4.58. The number of nitrogens with one attached hydrogen (secondary N) is 1. The number of nitrogens with zero attached hydrogens (tertiary/aromatic N) is 1. The zero-order valence-electron chi connectivity index (χ0n) is 12.4. The van der Waals surface area contributed by atoms with Crippen LogP contribution in [0.25, 0.3) is 0 Å². The second kappa shape index (κ2) is 6.50. The van der Waals surface area contributed by atoms with E-state index < -0.39 is 0 Å². The summed E-state index contributed by atoms with van der Waals surface area (Å²) < 4.78 is 0. The summed E-state index contributed by atoms with van der Waals surface area (Å²) in [5.41, 5.74) is 1.99. The smallest absolute Gasteiger partial charge is 0.101 e. The van der Waals surface area contributed by atoms with Crippen LogP contribution in [0.2, 0.25) is 5.02 Å². The summed E-state index contributed by atoms with van der Waals surface area (Å²) in [5, 5.41) is 13.0. The van der Waals surface area contributed by atoms with E-state index in [1.165, 1.54) is 32.1 Å². The minimum atomic E-state index is 0.439. The summed E-state index contributed by atoms with van der Waals surface area (Å²) in [4.78, 5) is 0. The summed E-state index contributed by atoms with van der Waals surface area (Å²) in [5.74, 6) is 0.736. The third-order valence-electron chi connectivity index (χ3n) is 4.26. The van der Waals surface area contributed by atoms with Gasteiger partial charge in [0.2, 0.25) is 0 Å². The van der Waals surface area contributed by atoms with Crippen LogP contribution < -0.4 is 5.32 Å². The molecular weight excluding hydrogens is 268 g/mol. The highest BCUT2D eigenvalue weighted by atomic mass is 35.5. The molecule has 20 heavy (non-hydrogen) atoms. The average Bonchev–Trinajstić information content (AvgIpc) is 2.84. The van der Waals surface area contributed by atoms with Gasteiger partial charge >= 0.3 is 0 Å². The molecule has 0 aliphatic heterocycles. The standard InChI is InChI=1S/C17H23ClN2/c1-13(2)10-17(7-3-4-8-17)12-20-15-6-5-14(11-19)16(18)9-15/h5-6,9,13,20H,3-4,7-8,10,12H2,1-2H3. The Morgan fingerprint density at radius 2 is 2.05 bits per heavy atom. The predicted molar refractivity (Wildman–Crippen MR) is 85.0 cm³/mol. The normalized spacial score (nSPS) is 17.1. The minimum Gasteiger partial charge on any atom is -0.384 e. The van der Waals surface area contributed by atoms with Gasteiger partial charge in [0, 0.05) is 12.2 Å². The molecule has 1 aromatic rings. The second-order valence-electron chi connectivity index (χ2n) is 6.47. The number of anilines is 1. The van der Waals surface area contributed by atoms with Crippen LogP contribution in [0.15, 0.2) is 18.2 Å². The fourth-order valence-corrected chi connectivity index (χ4v) is 3.67. The summed E-state index contributed by atoms with van der Waals surface area (Å²) in [6.45, 7) is 5.62. The van der Waals surface area contributed by atoms with Gasteiger partial charge in [0.25, 0.3) is 0 Å². The SMILES string of the molecule is CC(C)CC1(CNc2ccc(C#N)c(Cl)c2)CCCC1. The molecule has 0 radical (unpaired) electrons. The Hall–Kier alpha value is -1.20. The first-order chi connectivity index (χ1) is 9.54. The van der Waals surface area contributed by atoms with E-state index in [9.17, 15) is 0 Å². The molecule has 0 spiro atoms. The number of hydrogen-bond donors (Lipinski definition) is 1. The monoisotopic (exact) mass is 290 g/mol. The van der Waals surface area contributed by atoms with Crippen molar-refractivity contribution in [3.8, 4) is 6.07 Å². The van der Waals surface area contributed by atoms with Crippen molar-refractivity contribution in [1.29, 1.82) is 5.26 Å². The Morgan fingerprint density at radius 1 is 1.35 bits per heavy atom. The van der Waals surface area contributed by atoms with Crippen LogP contribution in [0.3, 0.4) is 0 Å². The average molecular weight is 291 g/mol. The van der Waals surface area contributed by atoms with Gasteiger partial charge < -0.3 is 5.32 Å². The van der Waals surface area contributed by atoms with Crippen LogP contribution in [0, 0.1) is 22.7 Å². The summed E-state index contributed by atoms with van der Waals surface area (Å²) in [6.07, 6.45) is 6.62. The quantitative estimate of drug-likeness (QED) is 0.806. The van der Waals surface area contributed by atoms with Crippen molar-refractivity contribution in [3.63, 3.8) is 0 Å². The molecule has 1 aromatic carbocycles. The van der Waals surface area contributed by atoms with Crippen molar-refractivity contribution in [1.82, 2.24) is 0 Å². The van der Waals surface area contributed by atoms with E-state index in [1.54, 1.807) is 6.07 Å². The molecule has 2 nitrogen and oxygen atoms in total. The second-order valence-corrected chi connectivity index (χ2v) is 6.87. The Kier molecular flexibility index (Phi) is 4.94. The number of nitriles is 1. The van der Waals surface area contributed by atoms with Gasteiger partial charge in [-0.3, -0.25) is 0 Å². The first kappa shape index (κ1) is 15.2. The van der Waals surface area contributed by atoms with Crippen molar-refractivity contribution in [2.45, 2.75) is 46.0 Å². The summed E-state index contributed by atoms with van der Waals surface area (Å²) in [6, 6.07) is 7.69. The molecule has 1 aliphatic carbocycles. The van der Waals surface area contributed by atoms with E-state index >= 15 is 0 Å². The minimum absolute atomic E-state index is 0.439. The van der Waals surface area contributed by atoms with Gasteiger partial charge in [-0.2, -0.15) is 5.26 Å². The Morgan fingerprint density at radius 3 is 2.60 bits per heavy atom. The highest BCUT2D eigenvalue weighted by Gasteiger charge is 2.34. The predicted octanol–water partition coefficient (Wildman–Crippen LogP) is 5.23. The lowest BCUT2D eigenvalue weighted by Crippen LogP contribution is -2.28. The van der Waals surface area contributed by atoms with Crippen molar-refractivity contribution in [3.05, 3.63) is 28.8 Å². The first-order valence-corrected chi connectivity index (χ1v) is 7.86. The van der Waals surface area contributed by atoms with E-state index in [-0.39, 0.29) is 0 Å². The fraction of sp³-hybridized carbons (Fsp3) is 0.588. The molecule has 1 N–H and O–H groups in total. The highest BCUT2D eigenvalue weighted by molar-refractivity contribution is 6.32. The molecule has 3 heteroatoms. The molecule has 0 aromatic heterocycles. The van der Waals surface area contributed by atoms with E-state index in [0.29, 0.717) is 16.0 Å². The third kappa shape index (κ3) is 3.67. The molecule has 1 saturated carbocycles. The topological polar surface area (TPSA) is 35.8 Å². The Balaban J connectivity index is 2.03. The van der Waals surface area contributed by atoms with Gasteiger partial charge in [-0.05, 0) is 48.8 Å². The fourth-order valence-electron chi connectivity index (χ4n) is 3.45. The van der Waals surface area contributed by atoms with Gasteiger partial charge in [0.15, 0.2) is 0 Å². The molecule has 1 fully saturated rings. The number of benzene rings is 1. The van der Waals surface area contributed by atoms with Gasteiger partial charge in [-0.15, -0.1) is 0 Å². The van der Waals surface area contributed by atoms with Crippen molar-refractivity contribution in [2.75, 3.05) is 11.9 Å². The molecular formula is C17H23ClN2. The maximum absolute atomic E-state index is 8.90. The Bertz CT molecular complexity index is 496. The summed E-state index contributed by atoms with van der Waals surface area (Å²) >= 11 is 6.08. The lowest BCUT2D eigenvalue weighted by Gasteiger charge is -2.31. The highest BCUT2D eigenvalue weighted by Crippen LogP contribution is 2.43. The van der Waals surface area contributed by atoms with Crippen LogP contribution in [0.5, 0.6) is 0 Å². The van der Waals surface area contributed by atoms with Crippen LogP contribution in [-0.4, -0.2) is 6.54 Å². The van der Waals surface area contributed by atoms with Crippen molar-refractivity contribution < 1.29 is 0 Å². The first-order valence-electron chi connectivity index (χ1n) is 7.48. The van der Waals surface area contributed by atoms with Gasteiger partial charge in [-0.25, -0.2) is 0 Å². The van der Waals surface area contributed by atoms with E-state index in [2.05, 4.69) is 25.2 Å². The molecule has 0 saturated heterocycles. The zero-order chi connectivity index (χ0) is 14.6. The molecule has 0 atom stereocenters. The molecule has 1 aliphatic rings. The van der Waals surface area contributed by atoms with Gasteiger partial charge in [0.05, 0.1) is 10.6 Å². The molecule has 2 rings (SSSR count). The maximum Gasteiger partial charge on any atom is 0.101 e. The van der Waals surface area contributed by atoms with E-state index in [1.807, 2.05) is 12.1 Å². The van der Waals surface area contributed by atoms with Crippen LogP contribution >= 0.6 is 11.6 Å². The largest absolute Gasteiger partial charge is 0.384 e. The van der Waals surface area contributed by atoms with Gasteiger partial charge in [-0.1, -0.05) is 38.3 Å². The molecule has 108 valence electrons. The number of hydrogen-bond acceptors (Lipinski definition) is 2. The molecule has 0 amide bonds. The number of rotatable bonds is 5. The summed E-state index contributed by atoms with van der Waals surface area (Å²) in [7, 11) is 0. The van der Waals surface area contributed by atoms with Crippen molar-refractivity contribution in [2.24, 2.45) is 11.3 Å². The molecule has 0 unspecified atom stereocenters. The van der Waals surface area contributed by atoms with Crippen LogP contribution in [0.4, 0.5) is 5.69 Å². The zero-order valence-corrected chi connectivity index (χ0v) is 13.1. The lowest BCUT2D eigenvalue weighted by molar-refractivity contribution is 0.252. The van der Waals surface area contributed by atoms with Gasteiger partial charge in [0.1, 0.15) is 6.07 Å². The molecule has 0 heterocycles. The van der Waals surface area contributed by atoms with Crippen molar-refractivity contribution >= 4 is 17.3 Å². The maximum atomic E-state index is 8.90. The van der Waals surface area contributed by atoms with E-state index in [4.69, 9.17) is 16.9 Å². The number of halogens is 1. The van der Waals surface area contributed by atoms with Crippen LogP contribution in [0.1, 0.15) is 51.5 Å². The Labute approximate surface area is 127 Å². The van der Waals surface area contributed by atoms with E-state index in [0.717, 1.165) is 18.2 Å².